The van der Waals surface area contributed by atoms with Crippen LogP contribution in [-0.2, 0) is 4.79 Å². The van der Waals surface area contributed by atoms with Crippen LogP contribution in [0.3, 0.4) is 0 Å². The van der Waals surface area contributed by atoms with Crippen LogP contribution in [0, 0.1) is 6.92 Å². The van der Waals surface area contributed by atoms with Gasteiger partial charge in [0.15, 0.2) is 0 Å². The van der Waals surface area contributed by atoms with Gasteiger partial charge in [-0.1, -0.05) is 23.7 Å². The number of nitrogens with one attached hydrogen (secondary N) is 1. The number of aliphatic hydroxyl groups is 1. The van der Waals surface area contributed by atoms with Crippen LogP contribution in [0.2, 0.25) is 5.02 Å². The molecule has 1 amide bonds. The smallest absolute Gasteiger partial charge is 0.244 e. The molecule has 0 saturated heterocycles. The molecule has 0 aromatic heterocycles. The zero-order valence-corrected chi connectivity index (χ0v) is 11.6. The highest BCUT2D eigenvalue weighted by Crippen LogP contribution is 2.17. The second-order valence-corrected chi connectivity index (χ2v) is 5.28. The Morgan fingerprint density at radius 1 is 1.50 bits per heavy atom. The van der Waals surface area contributed by atoms with Crippen LogP contribution in [0.1, 0.15) is 25.0 Å². The average molecular weight is 268 g/mol. The third-order valence-electron chi connectivity index (χ3n) is 2.32. The molecule has 4 heteroatoms. The molecule has 0 aliphatic carbocycles. The summed E-state index contributed by atoms with van der Waals surface area (Å²) in [6, 6.07) is 5.59. The molecule has 98 valence electrons. The maximum Gasteiger partial charge on any atom is 0.244 e. The number of hydrogen-bond acceptors (Lipinski definition) is 2. The molecule has 1 aromatic carbocycles. The molecular formula is C14H18ClNO2. The second kappa shape index (κ2) is 6.03. The molecule has 1 aromatic rings. The van der Waals surface area contributed by atoms with Crippen molar-refractivity contribution >= 4 is 23.6 Å². The van der Waals surface area contributed by atoms with Gasteiger partial charge < -0.3 is 10.4 Å². The van der Waals surface area contributed by atoms with E-state index in [1.165, 1.54) is 6.08 Å². The second-order valence-electron chi connectivity index (χ2n) is 4.87. The summed E-state index contributed by atoms with van der Waals surface area (Å²) in [6.07, 6.45) is 3.11. The zero-order valence-electron chi connectivity index (χ0n) is 10.8. The molecule has 0 heterocycles. The highest BCUT2D eigenvalue weighted by atomic mass is 35.5. The van der Waals surface area contributed by atoms with Crippen molar-refractivity contribution in [3.8, 4) is 0 Å². The van der Waals surface area contributed by atoms with Crippen LogP contribution in [0.5, 0.6) is 0 Å². The van der Waals surface area contributed by atoms with Crippen molar-refractivity contribution in [2.75, 3.05) is 6.54 Å². The number of carbonyl (C=O) groups excluding carboxylic acids is 1. The summed E-state index contributed by atoms with van der Waals surface area (Å²) in [6.45, 7) is 5.41. The number of benzene rings is 1. The predicted octanol–water partition coefficient (Wildman–Crippen LogP) is 2.55. The van der Waals surface area contributed by atoms with Crippen molar-refractivity contribution in [2.24, 2.45) is 0 Å². The molecule has 0 saturated carbocycles. The lowest BCUT2D eigenvalue weighted by Crippen LogP contribution is -2.37. The van der Waals surface area contributed by atoms with Gasteiger partial charge in [-0.2, -0.15) is 0 Å². The van der Waals surface area contributed by atoms with Crippen molar-refractivity contribution < 1.29 is 9.90 Å². The molecule has 0 aliphatic rings. The Balaban J connectivity index is 2.58. The summed E-state index contributed by atoms with van der Waals surface area (Å²) < 4.78 is 0. The van der Waals surface area contributed by atoms with Gasteiger partial charge in [0.1, 0.15) is 0 Å². The number of aryl methyl sites for hydroxylation is 1. The fourth-order valence-electron chi connectivity index (χ4n) is 1.25. The van der Waals surface area contributed by atoms with Gasteiger partial charge in [-0.15, -0.1) is 0 Å². The highest BCUT2D eigenvalue weighted by molar-refractivity contribution is 6.31. The Kier molecular flexibility index (Phi) is 4.93. The van der Waals surface area contributed by atoms with Crippen molar-refractivity contribution in [1.82, 2.24) is 5.32 Å². The maximum atomic E-state index is 11.5. The van der Waals surface area contributed by atoms with Crippen molar-refractivity contribution in [3.63, 3.8) is 0 Å². The van der Waals surface area contributed by atoms with Gasteiger partial charge in [-0.25, -0.2) is 0 Å². The molecule has 0 aliphatic heterocycles. The largest absolute Gasteiger partial charge is 0.389 e. The minimum absolute atomic E-state index is 0.213. The van der Waals surface area contributed by atoms with E-state index in [0.717, 1.165) is 11.1 Å². The summed E-state index contributed by atoms with van der Waals surface area (Å²) in [7, 11) is 0. The van der Waals surface area contributed by atoms with Crippen LogP contribution in [0.15, 0.2) is 24.3 Å². The van der Waals surface area contributed by atoms with Gasteiger partial charge in [-0.05, 0) is 44.0 Å². The fraction of sp³-hybridized carbons (Fsp3) is 0.357. The summed E-state index contributed by atoms with van der Waals surface area (Å²) >= 11 is 5.98. The van der Waals surface area contributed by atoms with E-state index in [1.54, 1.807) is 26.0 Å². The Morgan fingerprint density at radius 2 is 2.17 bits per heavy atom. The first-order valence-corrected chi connectivity index (χ1v) is 6.10. The van der Waals surface area contributed by atoms with Crippen LogP contribution < -0.4 is 5.32 Å². The zero-order chi connectivity index (χ0) is 13.8. The average Bonchev–Trinajstić information content (AvgIpc) is 2.27. The minimum atomic E-state index is -0.906. The number of halogens is 1. The first-order chi connectivity index (χ1) is 8.28. The van der Waals surface area contributed by atoms with Crippen molar-refractivity contribution in [3.05, 3.63) is 40.4 Å². The first kappa shape index (κ1) is 14.7. The van der Waals surface area contributed by atoms with Gasteiger partial charge in [0.2, 0.25) is 5.91 Å². The molecule has 0 atom stereocenters. The van der Waals surface area contributed by atoms with E-state index in [0.29, 0.717) is 5.02 Å². The van der Waals surface area contributed by atoms with Gasteiger partial charge in [0, 0.05) is 17.6 Å². The summed E-state index contributed by atoms with van der Waals surface area (Å²) in [5, 5.41) is 12.7. The molecule has 0 spiro atoms. The van der Waals surface area contributed by atoms with E-state index in [-0.39, 0.29) is 12.5 Å². The SMILES string of the molecule is Cc1ccc(C=CC(=O)NCC(C)(C)O)cc1Cl. The van der Waals surface area contributed by atoms with Crippen molar-refractivity contribution in [1.29, 1.82) is 0 Å². The third-order valence-corrected chi connectivity index (χ3v) is 2.73. The molecule has 0 radical (unpaired) electrons. The summed E-state index contributed by atoms with van der Waals surface area (Å²) in [4.78, 5) is 11.5. The molecule has 0 unspecified atom stereocenters. The summed E-state index contributed by atoms with van der Waals surface area (Å²) in [5.41, 5.74) is 0.959. The van der Waals surface area contributed by atoms with E-state index < -0.39 is 5.60 Å². The predicted molar refractivity (Wildman–Crippen MR) is 74.5 cm³/mol. The minimum Gasteiger partial charge on any atom is -0.389 e. The standard InChI is InChI=1S/C14H18ClNO2/c1-10-4-5-11(8-12(10)15)6-7-13(17)16-9-14(2,3)18/h4-8,18H,9H2,1-3H3,(H,16,17). The van der Waals surface area contributed by atoms with E-state index in [9.17, 15) is 9.90 Å². The van der Waals surface area contributed by atoms with E-state index >= 15 is 0 Å². The molecule has 0 fully saturated rings. The lowest BCUT2D eigenvalue weighted by molar-refractivity contribution is -0.117. The van der Waals surface area contributed by atoms with E-state index in [2.05, 4.69) is 5.32 Å². The Labute approximate surface area is 112 Å². The fourth-order valence-corrected chi connectivity index (χ4v) is 1.44. The Hall–Kier alpha value is -1.32. The van der Waals surface area contributed by atoms with Gasteiger partial charge in [0.05, 0.1) is 5.60 Å². The molecule has 0 bridgehead atoms. The topological polar surface area (TPSA) is 49.3 Å². The van der Waals surface area contributed by atoms with Crippen molar-refractivity contribution in [2.45, 2.75) is 26.4 Å². The van der Waals surface area contributed by atoms with Crippen LogP contribution >= 0.6 is 11.6 Å². The molecule has 3 nitrogen and oxygen atoms in total. The molecule has 1 rings (SSSR count). The van der Waals surface area contributed by atoms with Crippen LogP contribution in [0.25, 0.3) is 6.08 Å². The normalized spacial score (nSPS) is 11.8. The summed E-state index contributed by atoms with van der Waals surface area (Å²) in [5.74, 6) is -0.242. The van der Waals surface area contributed by atoms with Gasteiger partial charge in [-0.3, -0.25) is 4.79 Å². The number of rotatable bonds is 4. The third kappa shape index (κ3) is 5.34. The molecular weight excluding hydrogens is 250 g/mol. The van der Waals surface area contributed by atoms with Crippen LogP contribution in [0.4, 0.5) is 0 Å². The van der Waals surface area contributed by atoms with E-state index in [1.807, 2.05) is 19.1 Å². The molecule has 2 N–H and O–H groups in total. The lowest BCUT2D eigenvalue weighted by Gasteiger charge is -2.16. The molecule has 18 heavy (non-hydrogen) atoms. The number of carbonyl (C=O) groups is 1. The van der Waals surface area contributed by atoms with E-state index in [4.69, 9.17) is 11.6 Å². The Morgan fingerprint density at radius 3 is 2.72 bits per heavy atom. The number of amides is 1. The van der Waals surface area contributed by atoms with Crippen LogP contribution in [-0.4, -0.2) is 23.2 Å². The maximum absolute atomic E-state index is 11.5. The first-order valence-electron chi connectivity index (χ1n) is 5.72. The van der Waals surface area contributed by atoms with Gasteiger partial charge >= 0.3 is 0 Å². The monoisotopic (exact) mass is 267 g/mol. The Bertz CT molecular complexity index is 461. The van der Waals surface area contributed by atoms with Gasteiger partial charge in [0.25, 0.3) is 0 Å². The lowest BCUT2D eigenvalue weighted by atomic mass is 10.1. The number of hydrogen-bond donors (Lipinski definition) is 2. The quantitative estimate of drug-likeness (QED) is 0.824. The highest BCUT2D eigenvalue weighted by Gasteiger charge is 2.12.